The molecule has 2 aliphatic heterocycles. The summed E-state index contributed by atoms with van der Waals surface area (Å²) >= 11 is 0. The van der Waals surface area contributed by atoms with E-state index in [0.29, 0.717) is 77.2 Å². The molecule has 17 heteroatoms. The van der Waals surface area contributed by atoms with Gasteiger partial charge in [-0.05, 0) is 57.8 Å². The SMILES string of the molecule is CCCCCCCCC(=O)OCC(COC(=O)CCCCCCCC)CC(=O)OC[C@@H]1CCCC[C@@H](COC(=O)CC(COC(=O)CCCCCCCC)COC(=O)CCCCCCCC)N1C(=O)OCCCN1CCC(O)CC1. The number of aliphatic hydroxyl groups is 1. The van der Waals surface area contributed by atoms with Gasteiger partial charge in [-0.3, -0.25) is 33.7 Å². The molecule has 2 heterocycles. The van der Waals surface area contributed by atoms with Gasteiger partial charge >= 0.3 is 41.9 Å². The van der Waals surface area contributed by atoms with Crippen molar-refractivity contribution < 1.29 is 71.8 Å². The minimum atomic E-state index is -0.647. The van der Waals surface area contributed by atoms with Crippen molar-refractivity contribution >= 4 is 41.9 Å². The van der Waals surface area contributed by atoms with E-state index in [1.807, 2.05) is 0 Å². The summed E-state index contributed by atoms with van der Waals surface area (Å²) in [7, 11) is 0. The Morgan fingerprint density at radius 1 is 0.400 bits per heavy atom. The molecule has 80 heavy (non-hydrogen) atoms. The van der Waals surface area contributed by atoms with Crippen LogP contribution in [0.4, 0.5) is 4.79 Å². The number of amides is 1. The number of carbonyl (C=O) groups excluding carboxylic acids is 7. The van der Waals surface area contributed by atoms with Crippen LogP contribution >= 0.6 is 0 Å². The van der Waals surface area contributed by atoms with E-state index in [1.165, 1.54) is 0 Å². The molecule has 0 saturated carbocycles. The molecule has 2 aliphatic rings. The fourth-order valence-corrected chi connectivity index (χ4v) is 10.3. The largest absolute Gasteiger partial charge is 0.465 e. The van der Waals surface area contributed by atoms with Gasteiger partial charge in [-0.2, -0.15) is 0 Å². The smallest absolute Gasteiger partial charge is 0.410 e. The lowest BCUT2D eigenvalue weighted by atomic mass is 10.1. The number of nitrogens with zero attached hydrogens (tertiary/aromatic N) is 2. The van der Waals surface area contributed by atoms with Crippen LogP contribution < -0.4 is 0 Å². The van der Waals surface area contributed by atoms with Crippen molar-refractivity contribution in [2.45, 2.75) is 283 Å². The van der Waals surface area contributed by atoms with E-state index in [0.717, 1.165) is 142 Å². The molecule has 0 aromatic rings. The number of unbranched alkanes of at least 4 members (excludes halogenated alkanes) is 20. The zero-order valence-corrected chi connectivity index (χ0v) is 50.7. The second kappa shape index (κ2) is 48.5. The molecule has 464 valence electrons. The van der Waals surface area contributed by atoms with Crippen LogP contribution in [0.1, 0.15) is 265 Å². The maximum absolute atomic E-state index is 14.3. The number of hydrogen-bond donors (Lipinski definition) is 1. The fraction of sp³-hybridized carbons (Fsp3) is 0.889. The van der Waals surface area contributed by atoms with Crippen LogP contribution in [-0.4, -0.2) is 141 Å². The van der Waals surface area contributed by atoms with Crippen LogP contribution in [0, 0.1) is 11.8 Å². The van der Waals surface area contributed by atoms with Crippen molar-refractivity contribution in [3.8, 4) is 0 Å². The topological polar surface area (TPSA) is 211 Å². The molecule has 0 aromatic heterocycles. The van der Waals surface area contributed by atoms with Crippen LogP contribution in [-0.2, 0) is 61.9 Å². The first-order chi connectivity index (χ1) is 38.9. The molecular weight excluding hydrogens is 1020 g/mol. The number of ether oxygens (including phenoxy) is 7. The highest BCUT2D eigenvalue weighted by Crippen LogP contribution is 2.26. The normalized spacial score (nSPS) is 16.1. The number of aliphatic hydroxyl groups excluding tert-OH is 1. The highest BCUT2D eigenvalue weighted by molar-refractivity contribution is 5.73. The van der Waals surface area contributed by atoms with E-state index >= 15 is 0 Å². The van der Waals surface area contributed by atoms with E-state index in [2.05, 4.69) is 32.6 Å². The highest BCUT2D eigenvalue weighted by atomic mass is 16.6. The van der Waals surface area contributed by atoms with Gasteiger partial charge in [0.1, 0.15) is 13.2 Å². The number of rotatable bonds is 48. The summed E-state index contributed by atoms with van der Waals surface area (Å²) in [5.41, 5.74) is 0. The van der Waals surface area contributed by atoms with E-state index in [9.17, 15) is 38.7 Å². The number of carbonyl (C=O) groups is 7. The van der Waals surface area contributed by atoms with Crippen molar-refractivity contribution in [1.29, 1.82) is 0 Å². The van der Waals surface area contributed by atoms with Gasteiger partial charge in [-0.25, -0.2) is 4.79 Å². The van der Waals surface area contributed by atoms with Gasteiger partial charge < -0.3 is 43.2 Å². The maximum Gasteiger partial charge on any atom is 0.410 e. The second-order valence-corrected chi connectivity index (χ2v) is 22.8. The molecule has 2 rings (SSSR count). The van der Waals surface area contributed by atoms with Gasteiger partial charge in [0.2, 0.25) is 0 Å². The third-order valence-electron chi connectivity index (χ3n) is 15.4. The van der Waals surface area contributed by atoms with Crippen LogP contribution in [0.25, 0.3) is 0 Å². The average molecular weight is 1140 g/mol. The standard InChI is InChI=1S/C63H112N2O15/c1-5-9-13-17-21-25-34-57(67)75-46-52(47-76-58(68)35-26-22-18-14-10-6-2)44-61(71)79-50-54-32-29-30-33-55(65(54)63(73)74-43-31-40-64-41-38-56(66)39-42-64)51-80-62(72)45-53(48-77-59(69)36-27-23-19-15-11-7-3)49-78-60(70)37-28-24-20-16-12-8-4/h52-56,66H,5-51H2,1-4H3/t54-,55-/m0/s1. The lowest BCUT2D eigenvalue weighted by molar-refractivity contribution is -0.156. The van der Waals surface area contributed by atoms with Gasteiger partial charge in [0.25, 0.3) is 0 Å². The number of likely N-dealkylation sites (tertiary alicyclic amines) is 2. The molecule has 0 unspecified atom stereocenters. The quantitative estimate of drug-likeness (QED) is 0.0341. The predicted molar refractivity (Wildman–Crippen MR) is 309 cm³/mol. The minimum Gasteiger partial charge on any atom is -0.465 e. The summed E-state index contributed by atoms with van der Waals surface area (Å²) < 4.78 is 40.3. The summed E-state index contributed by atoms with van der Waals surface area (Å²) in [4.78, 5) is 96.7. The molecule has 1 N–H and O–H groups in total. The van der Waals surface area contributed by atoms with Gasteiger partial charge in [-0.1, -0.05) is 169 Å². The third kappa shape index (κ3) is 37.9. The molecule has 0 spiro atoms. The first kappa shape index (κ1) is 72.1. The van der Waals surface area contributed by atoms with E-state index < -0.39 is 42.0 Å². The van der Waals surface area contributed by atoms with Crippen molar-refractivity contribution in [1.82, 2.24) is 9.80 Å². The first-order valence-corrected chi connectivity index (χ1v) is 32.2. The van der Waals surface area contributed by atoms with E-state index in [-0.39, 0.29) is 115 Å². The van der Waals surface area contributed by atoms with Gasteiger partial charge in [0, 0.05) is 57.2 Å². The summed E-state index contributed by atoms with van der Waals surface area (Å²) in [6.45, 7) is 10.1. The highest BCUT2D eigenvalue weighted by Gasteiger charge is 2.36. The Hall–Kier alpha value is -3.99. The summed E-state index contributed by atoms with van der Waals surface area (Å²) in [5.74, 6) is -3.98. The van der Waals surface area contributed by atoms with E-state index in [4.69, 9.17) is 33.2 Å². The first-order valence-electron chi connectivity index (χ1n) is 32.2. The van der Waals surface area contributed by atoms with Crippen molar-refractivity contribution in [3.63, 3.8) is 0 Å². The molecule has 17 nitrogen and oxygen atoms in total. The fourth-order valence-electron chi connectivity index (χ4n) is 10.3. The lowest BCUT2D eigenvalue weighted by Crippen LogP contribution is -2.51. The number of hydrogen-bond acceptors (Lipinski definition) is 16. The molecule has 0 aliphatic carbocycles. The van der Waals surface area contributed by atoms with Crippen molar-refractivity contribution in [2.75, 3.05) is 65.9 Å². The summed E-state index contributed by atoms with van der Waals surface area (Å²) in [5, 5.41) is 9.98. The number of piperidine rings is 1. The Balaban J connectivity index is 2.19. The van der Waals surface area contributed by atoms with Crippen LogP contribution in [0.2, 0.25) is 0 Å². The summed E-state index contributed by atoms with van der Waals surface area (Å²) in [6.07, 6.45) is 28.5. The van der Waals surface area contributed by atoms with Crippen LogP contribution in [0.15, 0.2) is 0 Å². The monoisotopic (exact) mass is 1140 g/mol. The Labute approximate surface area is 483 Å². The maximum atomic E-state index is 14.3. The zero-order valence-electron chi connectivity index (χ0n) is 50.7. The molecule has 0 radical (unpaired) electrons. The molecule has 2 atom stereocenters. The molecule has 1 amide bonds. The second-order valence-electron chi connectivity index (χ2n) is 22.8. The van der Waals surface area contributed by atoms with E-state index in [1.54, 1.807) is 4.90 Å². The third-order valence-corrected chi connectivity index (χ3v) is 15.4. The zero-order chi connectivity index (χ0) is 58.3. The molecule has 0 aromatic carbocycles. The van der Waals surface area contributed by atoms with Crippen LogP contribution in [0.3, 0.4) is 0 Å². The van der Waals surface area contributed by atoms with Crippen LogP contribution in [0.5, 0.6) is 0 Å². The van der Waals surface area contributed by atoms with Gasteiger partial charge in [0.05, 0.1) is 64.1 Å². The Morgan fingerprint density at radius 3 is 1.06 bits per heavy atom. The molecule has 2 saturated heterocycles. The lowest BCUT2D eigenvalue weighted by Gasteiger charge is -2.35. The molecular formula is C63H112N2O15. The Kier molecular flexibility index (Phi) is 43.7. The minimum absolute atomic E-state index is 0.120. The van der Waals surface area contributed by atoms with Gasteiger partial charge in [0.15, 0.2) is 0 Å². The summed E-state index contributed by atoms with van der Waals surface area (Å²) in [6, 6.07) is -1.26. The molecule has 0 bridgehead atoms. The predicted octanol–water partition coefficient (Wildman–Crippen LogP) is 12.9. The Bertz CT molecular complexity index is 1480. The Morgan fingerprint density at radius 2 is 0.725 bits per heavy atom. The van der Waals surface area contributed by atoms with Crippen molar-refractivity contribution in [2.24, 2.45) is 11.8 Å². The van der Waals surface area contributed by atoms with Crippen molar-refractivity contribution in [3.05, 3.63) is 0 Å². The number of esters is 6. The molecule has 2 fully saturated rings. The average Bonchev–Trinajstić information content (AvgIpc) is 3.66. The van der Waals surface area contributed by atoms with Gasteiger partial charge in [-0.15, -0.1) is 0 Å².